The smallest absolute Gasteiger partial charge is 0.271 e. The molecule has 1 aromatic rings. The van der Waals surface area contributed by atoms with Crippen LogP contribution in [-0.4, -0.2) is 35.1 Å². The molecule has 19 heavy (non-hydrogen) atoms. The Kier molecular flexibility index (Phi) is 6.76. The average Bonchev–Trinajstić information content (AvgIpc) is 2.42. The van der Waals surface area contributed by atoms with Crippen LogP contribution in [0.15, 0.2) is 12.4 Å². The lowest BCUT2D eigenvalue weighted by Crippen LogP contribution is -2.26. The van der Waals surface area contributed by atoms with Crippen molar-refractivity contribution in [2.75, 3.05) is 18.6 Å². The number of hydrazine groups is 1. The highest BCUT2D eigenvalue weighted by Gasteiger charge is 2.06. The number of nitrogens with two attached hydrogens (primary N) is 1. The number of hydrogen-bond acceptors (Lipinski definition) is 6. The topological polar surface area (TPSA) is 102 Å². The van der Waals surface area contributed by atoms with Crippen molar-refractivity contribution in [1.82, 2.24) is 15.3 Å². The van der Waals surface area contributed by atoms with Crippen molar-refractivity contribution in [3.63, 3.8) is 0 Å². The predicted molar refractivity (Wildman–Crippen MR) is 72.5 cm³/mol. The van der Waals surface area contributed by atoms with Gasteiger partial charge in [0.1, 0.15) is 5.69 Å². The molecule has 0 unspecified atom stereocenters. The Labute approximate surface area is 112 Å². The molecule has 1 aromatic heterocycles. The van der Waals surface area contributed by atoms with Gasteiger partial charge in [-0.2, -0.15) is 0 Å². The zero-order valence-corrected chi connectivity index (χ0v) is 11.3. The van der Waals surface area contributed by atoms with Crippen LogP contribution >= 0.6 is 0 Å². The van der Waals surface area contributed by atoms with E-state index in [1.807, 2.05) is 13.8 Å². The summed E-state index contributed by atoms with van der Waals surface area (Å²) in [5.74, 6) is 5.34. The van der Waals surface area contributed by atoms with Crippen molar-refractivity contribution in [3.05, 3.63) is 18.1 Å². The van der Waals surface area contributed by atoms with E-state index in [0.29, 0.717) is 19.0 Å². The first-order valence-electron chi connectivity index (χ1n) is 6.32. The van der Waals surface area contributed by atoms with Gasteiger partial charge in [0.2, 0.25) is 0 Å². The van der Waals surface area contributed by atoms with Crippen molar-refractivity contribution in [3.8, 4) is 0 Å². The van der Waals surface area contributed by atoms with Gasteiger partial charge in [0.05, 0.1) is 18.5 Å². The number of hydrogen-bond donors (Lipinski definition) is 3. The molecule has 4 N–H and O–H groups in total. The van der Waals surface area contributed by atoms with Gasteiger partial charge in [0, 0.05) is 13.2 Å². The second-order valence-corrected chi connectivity index (χ2v) is 4.31. The number of ether oxygens (including phenoxy) is 1. The van der Waals surface area contributed by atoms with Gasteiger partial charge in [-0.15, -0.1) is 0 Å². The summed E-state index contributed by atoms with van der Waals surface area (Å²) in [6, 6.07) is 0. The largest absolute Gasteiger partial charge is 0.379 e. The molecule has 0 aliphatic carbocycles. The standard InChI is InChI=1S/C12H21N5O2/c1-9(2)19-6-4-3-5-14-12(18)10-7-16-11(17-13)8-15-10/h7-9H,3-6,13H2,1-2H3,(H,14,18)(H,16,17). The van der Waals surface area contributed by atoms with E-state index in [1.54, 1.807) is 0 Å². The van der Waals surface area contributed by atoms with Gasteiger partial charge in [0.15, 0.2) is 5.82 Å². The lowest BCUT2D eigenvalue weighted by molar-refractivity contribution is 0.0754. The van der Waals surface area contributed by atoms with E-state index in [4.69, 9.17) is 10.6 Å². The van der Waals surface area contributed by atoms with Gasteiger partial charge < -0.3 is 15.5 Å². The molecule has 0 fully saturated rings. The molecule has 7 nitrogen and oxygen atoms in total. The van der Waals surface area contributed by atoms with Crippen molar-refractivity contribution in [2.24, 2.45) is 5.84 Å². The third-order valence-corrected chi connectivity index (χ3v) is 2.34. The van der Waals surface area contributed by atoms with Crippen molar-refractivity contribution >= 4 is 11.7 Å². The summed E-state index contributed by atoms with van der Waals surface area (Å²) in [5.41, 5.74) is 2.62. The minimum atomic E-state index is -0.235. The summed E-state index contributed by atoms with van der Waals surface area (Å²) < 4.78 is 5.41. The highest BCUT2D eigenvalue weighted by molar-refractivity contribution is 5.91. The zero-order valence-electron chi connectivity index (χ0n) is 11.3. The van der Waals surface area contributed by atoms with Gasteiger partial charge in [-0.1, -0.05) is 0 Å². The molecule has 1 amide bonds. The molecule has 106 valence electrons. The summed E-state index contributed by atoms with van der Waals surface area (Å²) >= 11 is 0. The molecule has 1 heterocycles. The predicted octanol–water partition coefficient (Wildman–Crippen LogP) is 0.697. The van der Waals surface area contributed by atoms with Crippen LogP contribution in [0, 0.1) is 0 Å². The van der Waals surface area contributed by atoms with E-state index < -0.39 is 0 Å². The normalized spacial score (nSPS) is 10.5. The Balaban J connectivity index is 2.20. The number of amides is 1. The monoisotopic (exact) mass is 267 g/mol. The Bertz CT molecular complexity index is 380. The molecule has 0 radical (unpaired) electrons. The van der Waals surface area contributed by atoms with Crippen LogP contribution in [-0.2, 0) is 4.74 Å². The quantitative estimate of drug-likeness (QED) is 0.364. The maximum Gasteiger partial charge on any atom is 0.271 e. The van der Waals surface area contributed by atoms with E-state index in [1.165, 1.54) is 12.4 Å². The first-order chi connectivity index (χ1) is 9.13. The van der Waals surface area contributed by atoms with Crippen LogP contribution in [0.1, 0.15) is 37.2 Å². The van der Waals surface area contributed by atoms with E-state index in [-0.39, 0.29) is 17.7 Å². The SMILES string of the molecule is CC(C)OCCCCNC(=O)c1cnc(NN)cn1. The van der Waals surface area contributed by atoms with Gasteiger partial charge in [0.25, 0.3) is 5.91 Å². The van der Waals surface area contributed by atoms with Crippen molar-refractivity contribution in [2.45, 2.75) is 32.8 Å². The maximum atomic E-state index is 11.7. The van der Waals surface area contributed by atoms with E-state index in [2.05, 4.69) is 20.7 Å². The Morgan fingerprint density at radius 2 is 2.16 bits per heavy atom. The van der Waals surface area contributed by atoms with Gasteiger partial charge in [-0.25, -0.2) is 15.8 Å². The van der Waals surface area contributed by atoms with Gasteiger partial charge >= 0.3 is 0 Å². The third-order valence-electron chi connectivity index (χ3n) is 2.34. The van der Waals surface area contributed by atoms with Crippen LogP contribution in [0.3, 0.4) is 0 Å². The van der Waals surface area contributed by atoms with Crippen LogP contribution in [0.5, 0.6) is 0 Å². The minimum Gasteiger partial charge on any atom is -0.379 e. The molecule has 0 saturated heterocycles. The molecule has 0 atom stereocenters. The molecule has 0 aromatic carbocycles. The Morgan fingerprint density at radius 3 is 2.74 bits per heavy atom. The zero-order chi connectivity index (χ0) is 14.1. The summed E-state index contributed by atoms with van der Waals surface area (Å²) in [6.07, 6.45) is 4.83. The average molecular weight is 267 g/mol. The summed E-state index contributed by atoms with van der Waals surface area (Å²) in [7, 11) is 0. The number of unbranched alkanes of at least 4 members (excludes halogenated alkanes) is 1. The Morgan fingerprint density at radius 1 is 1.37 bits per heavy atom. The number of nitrogens with zero attached hydrogens (tertiary/aromatic N) is 2. The van der Waals surface area contributed by atoms with Crippen molar-refractivity contribution < 1.29 is 9.53 Å². The highest BCUT2D eigenvalue weighted by atomic mass is 16.5. The van der Waals surface area contributed by atoms with Crippen LogP contribution in [0.2, 0.25) is 0 Å². The molecular weight excluding hydrogens is 246 g/mol. The fraction of sp³-hybridized carbons (Fsp3) is 0.583. The fourth-order valence-electron chi connectivity index (χ4n) is 1.36. The van der Waals surface area contributed by atoms with E-state index >= 15 is 0 Å². The number of rotatable bonds is 8. The summed E-state index contributed by atoms with van der Waals surface area (Å²) in [5, 5.41) is 2.78. The van der Waals surface area contributed by atoms with E-state index in [9.17, 15) is 4.79 Å². The van der Waals surface area contributed by atoms with Crippen LogP contribution < -0.4 is 16.6 Å². The fourth-order valence-corrected chi connectivity index (χ4v) is 1.36. The number of nitrogen functional groups attached to an aromatic ring is 1. The first-order valence-corrected chi connectivity index (χ1v) is 6.32. The second-order valence-electron chi connectivity index (χ2n) is 4.31. The van der Waals surface area contributed by atoms with Gasteiger partial charge in [-0.3, -0.25) is 4.79 Å². The first kappa shape index (κ1) is 15.3. The minimum absolute atomic E-state index is 0.235. The molecule has 1 rings (SSSR count). The maximum absolute atomic E-state index is 11.7. The molecular formula is C12H21N5O2. The molecule has 0 aliphatic rings. The summed E-state index contributed by atoms with van der Waals surface area (Å²) in [6.45, 7) is 5.31. The number of anilines is 1. The summed E-state index contributed by atoms with van der Waals surface area (Å²) in [4.78, 5) is 19.6. The molecule has 0 saturated carbocycles. The molecule has 0 spiro atoms. The highest BCUT2D eigenvalue weighted by Crippen LogP contribution is 1.99. The van der Waals surface area contributed by atoms with Crippen molar-refractivity contribution in [1.29, 1.82) is 0 Å². The van der Waals surface area contributed by atoms with Gasteiger partial charge in [-0.05, 0) is 26.7 Å². The van der Waals surface area contributed by atoms with Crippen LogP contribution in [0.4, 0.5) is 5.82 Å². The Hall–Kier alpha value is -1.73. The number of carbonyl (C=O) groups excluding carboxylic acids is 1. The second kappa shape index (κ2) is 8.39. The number of carbonyl (C=O) groups is 1. The third kappa shape index (κ3) is 6.12. The molecule has 0 bridgehead atoms. The van der Waals surface area contributed by atoms with E-state index in [0.717, 1.165) is 12.8 Å². The molecule has 7 heteroatoms. The molecule has 0 aliphatic heterocycles. The number of nitrogens with one attached hydrogen (secondary N) is 2. The lowest BCUT2D eigenvalue weighted by Gasteiger charge is -2.07. The number of aromatic nitrogens is 2. The van der Waals surface area contributed by atoms with Crippen LogP contribution in [0.25, 0.3) is 0 Å². The lowest BCUT2D eigenvalue weighted by atomic mass is 10.3.